The highest BCUT2D eigenvalue weighted by Crippen LogP contribution is 2.25. The van der Waals surface area contributed by atoms with E-state index >= 15 is 0 Å². The van der Waals surface area contributed by atoms with Crippen molar-refractivity contribution in [2.75, 3.05) is 0 Å². The van der Waals surface area contributed by atoms with Crippen LogP contribution in [0.4, 0.5) is 0 Å². The van der Waals surface area contributed by atoms with Crippen LogP contribution >= 0.6 is 27.5 Å². The van der Waals surface area contributed by atoms with Crippen LogP contribution in [-0.2, 0) is 13.0 Å². The number of hydrogen-bond acceptors (Lipinski definition) is 5. The Morgan fingerprint density at radius 1 is 1.59 bits per heavy atom. The van der Waals surface area contributed by atoms with Crippen LogP contribution in [0.5, 0.6) is 0 Å². The van der Waals surface area contributed by atoms with Crippen LogP contribution < -0.4 is 5.73 Å². The average Bonchev–Trinajstić information content (AvgIpc) is 2.92. The first-order valence-electron chi connectivity index (χ1n) is 5.37. The molecule has 2 N–H and O–H groups in total. The van der Waals surface area contributed by atoms with E-state index in [9.17, 15) is 0 Å². The van der Waals surface area contributed by atoms with Crippen molar-refractivity contribution in [3.8, 4) is 0 Å². The molecule has 5 nitrogen and oxygen atoms in total. The molecule has 1 unspecified atom stereocenters. The molecule has 1 atom stereocenters. The van der Waals surface area contributed by atoms with Gasteiger partial charge in [0.25, 0.3) is 0 Å². The zero-order valence-corrected chi connectivity index (χ0v) is 12.1. The second-order valence-corrected chi connectivity index (χ2v) is 5.21. The fourth-order valence-corrected chi connectivity index (χ4v) is 2.67. The highest BCUT2D eigenvalue weighted by atomic mass is 79.9. The van der Waals surface area contributed by atoms with Gasteiger partial charge in [0, 0.05) is 18.3 Å². The molecule has 0 saturated carbocycles. The van der Waals surface area contributed by atoms with E-state index in [0.29, 0.717) is 6.42 Å². The van der Waals surface area contributed by atoms with Gasteiger partial charge < -0.3 is 5.73 Å². The number of nitrogens with two attached hydrogens (primary N) is 1. The maximum absolute atomic E-state index is 6.12. The van der Waals surface area contributed by atoms with Crippen molar-refractivity contribution in [2.45, 2.75) is 32.9 Å². The highest BCUT2D eigenvalue weighted by molar-refractivity contribution is 9.10. The van der Waals surface area contributed by atoms with Crippen molar-refractivity contribution in [1.82, 2.24) is 19.4 Å². The number of rotatable bonds is 4. The fourth-order valence-electron chi connectivity index (χ4n) is 1.71. The summed E-state index contributed by atoms with van der Waals surface area (Å²) >= 11 is 4.88. The number of hydrogen-bond donors (Lipinski definition) is 1. The molecular weight excluding hydrogens is 302 g/mol. The van der Waals surface area contributed by atoms with Crippen LogP contribution in [0.25, 0.3) is 0 Å². The lowest BCUT2D eigenvalue weighted by molar-refractivity contribution is 0.580. The third-order valence-corrected chi connectivity index (χ3v) is 4.18. The Balaban J connectivity index is 2.24. The quantitative estimate of drug-likeness (QED) is 0.937. The minimum atomic E-state index is -0.133. The first-order valence-corrected chi connectivity index (χ1v) is 7.00. The van der Waals surface area contributed by atoms with E-state index in [1.807, 2.05) is 17.0 Å². The monoisotopic (exact) mass is 315 g/mol. The van der Waals surface area contributed by atoms with Crippen LogP contribution in [0.1, 0.15) is 30.0 Å². The lowest BCUT2D eigenvalue weighted by Crippen LogP contribution is -2.16. The summed E-state index contributed by atoms with van der Waals surface area (Å²) in [4.78, 5) is 0. The Morgan fingerprint density at radius 2 is 2.35 bits per heavy atom. The summed E-state index contributed by atoms with van der Waals surface area (Å²) < 4.78 is 6.84. The van der Waals surface area contributed by atoms with Crippen molar-refractivity contribution < 1.29 is 0 Å². The molecule has 0 saturated heterocycles. The Morgan fingerprint density at radius 3 is 2.94 bits per heavy atom. The van der Waals surface area contributed by atoms with Gasteiger partial charge in [0.15, 0.2) is 0 Å². The lowest BCUT2D eigenvalue weighted by atomic mass is 10.1. The minimum Gasteiger partial charge on any atom is -0.322 e. The van der Waals surface area contributed by atoms with Gasteiger partial charge in [-0.1, -0.05) is 4.49 Å². The molecule has 2 aromatic heterocycles. The van der Waals surface area contributed by atoms with Gasteiger partial charge in [-0.25, -0.2) is 0 Å². The molecular formula is C10H14BrN5S. The SMILES string of the molecule is CCn1nc(C)c(Br)c1CC(N)c1csnn1. The van der Waals surface area contributed by atoms with E-state index < -0.39 is 0 Å². The molecule has 0 aliphatic carbocycles. The Labute approximate surface area is 112 Å². The summed E-state index contributed by atoms with van der Waals surface area (Å²) in [6.07, 6.45) is 0.709. The normalized spacial score (nSPS) is 12.9. The van der Waals surface area contributed by atoms with Crippen molar-refractivity contribution in [3.05, 3.63) is 26.9 Å². The molecule has 0 fully saturated rings. The van der Waals surface area contributed by atoms with E-state index in [2.05, 4.69) is 37.5 Å². The number of nitrogens with zero attached hydrogens (tertiary/aromatic N) is 4. The number of halogens is 1. The van der Waals surface area contributed by atoms with Crippen LogP contribution in [0, 0.1) is 6.92 Å². The molecule has 2 heterocycles. The second-order valence-electron chi connectivity index (χ2n) is 3.80. The highest BCUT2D eigenvalue weighted by Gasteiger charge is 2.17. The van der Waals surface area contributed by atoms with Gasteiger partial charge in [0.2, 0.25) is 0 Å². The molecule has 0 aromatic carbocycles. The van der Waals surface area contributed by atoms with Gasteiger partial charge in [-0.3, -0.25) is 4.68 Å². The summed E-state index contributed by atoms with van der Waals surface area (Å²) in [7, 11) is 0. The Hall–Kier alpha value is -0.790. The van der Waals surface area contributed by atoms with Gasteiger partial charge in [0.1, 0.15) is 0 Å². The van der Waals surface area contributed by atoms with Gasteiger partial charge >= 0.3 is 0 Å². The van der Waals surface area contributed by atoms with E-state index in [1.165, 1.54) is 11.5 Å². The number of aromatic nitrogens is 4. The van der Waals surface area contributed by atoms with Crippen LogP contribution in [0.15, 0.2) is 9.85 Å². The summed E-state index contributed by atoms with van der Waals surface area (Å²) in [5.74, 6) is 0. The third kappa shape index (κ3) is 2.56. The summed E-state index contributed by atoms with van der Waals surface area (Å²) in [5, 5.41) is 10.3. The first kappa shape index (κ1) is 12.7. The molecule has 2 aromatic rings. The maximum Gasteiger partial charge on any atom is 0.0926 e. The van der Waals surface area contributed by atoms with Crippen LogP contribution in [0.3, 0.4) is 0 Å². The largest absolute Gasteiger partial charge is 0.322 e. The lowest BCUT2D eigenvalue weighted by Gasteiger charge is -2.10. The zero-order chi connectivity index (χ0) is 12.4. The molecule has 0 aliphatic rings. The Bertz CT molecular complexity index is 493. The molecule has 92 valence electrons. The number of aryl methyl sites for hydroxylation is 2. The molecule has 0 amide bonds. The van der Waals surface area contributed by atoms with Gasteiger partial charge in [-0.05, 0) is 41.3 Å². The van der Waals surface area contributed by atoms with Crippen molar-refractivity contribution in [2.24, 2.45) is 5.73 Å². The average molecular weight is 316 g/mol. The first-order chi connectivity index (χ1) is 8.13. The topological polar surface area (TPSA) is 69.6 Å². The van der Waals surface area contributed by atoms with Crippen molar-refractivity contribution in [1.29, 1.82) is 0 Å². The molecule has 0 spiro atoms. The molecule has 2 rings (SSSR count). The smallest absolute Gasteiger partial charge is 0.0926 e. The van der Waals surface area contributed by atoms with Crippen molar-refractivity contribution in [3.63, 3.8) is 0 Å². The van der Waals surface area contributed by atoms with Crippen molar-refractivity contribution >= 4 is 27.5 Å². The summed E-state index contributed by atoms with van der Waals surface area (Å²) in [6.45, 7) is 4.89. The fraction of sp³-hybridized carbons (Fsp3) is 0.500. The predicted molar refractivity (Wildman–Crippen MR) is 70.9 cm³/mol. The third-order valence-electron chi connectivity index (χ3n) is 2.62. The summed E-state index contributed by atoms with van der Waals surface area (Å²) in [6, 6.07) is -0.133. The molecule has 0 bridgehead atoms. The second kappa shape index (κ2) is 5.24. The van der Waals surface area contributed by atoms with Gasteiger partial charge in [0.05, 0.1) is 27.6 Å². The standard InChI is InChI=1S/C10H14BrN5S/c1-3-16-9(10(11)6(2)14-16)4-7(12)8-5-17-15-13-8/h5,7H,3-4,12H2,1-2H3. The van der Waals surface area contributed by atoms with Gasteiger partial charge in [-0.15, -0.1) is 5.10 Å². The van der Waals surface area contributed by atoms with E-state index in [-0.39, 0.29) is 6.04 Å². The van der Waals surface area contributed by atoms with E-state index in [0.717, 1.165) is 28.1 Å². The maximum atomic E-state index is 6.12. The Kier molecular flexibility index (Phi) is 3.90. The van der Waals surface area contributed by atoms with Crippen LogP contribution in [0.2, 0.25) is 0 Å². The predicted octanol–water partition coefficient (Wildman–Crippen LogP) is 2.07. The zero-order valence-electron chi connectivity index (χ0n) is 9.72. The van der Waals surface area contributed by atoms with Gasteiger partial charge in [-0.2, -0.15) is 5.10 Å². The minimum absolute atomic E-state index is 0.133. The van der Waals surface area contributed by atoms with E-state index in [1.54, 1.807) is 0 Å². The molecule has 0 aliphatic heterocycles. The summed E-state index contributed by atoms with van der Waals surface area (Å²) in [5.41, 5.74) is 9.06. The molecule has 7 heteroatoms. The van der Waals surface area contributed by atoms with E-state index in [4.69, 9.17) is 5.73 Å². The molecule has 0 radical (unpaired) electrons. The molecule has 17 heavy (non-hydrogen) atoms. The van der Waals surface area contributed by atoms with Crippen LogP contribution in [-0.4, -0.2) is 19.4 Å².